The summed E-state index contributed by atoms with van der Waals surface area (Å²) < 4.78 is 29.5. The van der Waals surface area contributed by atoms with Crippen molar-refractivity contribution in [3.63, 3.8) is 0 Å². The van der Waals surface area contributed by atoms with E-state index in [1.165, 1.54) is 12.1 Å². The van der Waals surface area contributed by atoms with E-state index in [1.807, 2.05) is 6.92 Å². The maximum atomic E-state index is 12.6. The molecule has 2 rings (SSSR count). The van der Waals surface area contributed by atoms with Gasteiger partial charge in [0.25, 0.3) is 0 Å². The summed E-state index contributed by atoms with van der Waals surface area (Å²) in [5.41, 5.74) is 2.87. The fourth-order valence-corrected chi connectivity index (χ4v) is 2.18. The monoisotopic (exact) mass is 274 g/mol. The van der Waals surface area contributed by atoms with Crippen LogP contribution in [0.15, 0.2) is 23.2 Å². The first-order chi connectivity index (χ1) is 8.40. The van der Waals surface area contributed by atoms with Crippen molar-refractivity contribution in [2.45, 2.75) is 25.0 Å². The summed E-state index contributed by atoms with van der Waals surface area (Å²) in [5.74, 6) is 0.0209. The Morgan fingerprint density at radius 1 is 1.50 bits per heavy atom. The van der Waals surface area contributed by atoms with Crippen LogP contribution in [0.3, 0.4) is 0 Å². The normalized spacial score (nSPS) is 18.5. The van der Waals surface area contributed by atoms with E-state index < -0.39 is 5.57 Å². The summed E-state index contributed by atoms with van der Waals surface area (Å²) in [6.45, 7) is 2.44. The van der Waals surface area contributed by atoms with Crippen molar-refractivity contribution in [1.82, 2.24) is 0 Å². The largest absolute Gasteiger partial charge is 0.487 e. The van der Waals surface area contributed by atoms with Crippen LogP contribution in [0.25, 0.3) is 5.57 Å². The number of halogens is 3. The first-order valence-electron chi connectivity index (χ1n) is 5.57. The molecule has 18 heavy (non-hydrogen) atoms. The smallest absolute Gasteiger partial charge is 0.420 e. The summed E-state index contributed by atoms with van der Waals surface area (Å²) in [7, 11) is 0. The van der Waals surface area contributed by atoms with Gasteiger partial charge in [0.1, 0.15) is 5.75 Å². The number of nitrogens with zero attached hydrogens (tertiary/aromatic N) is 1. The number of hydrogen-bond donors (Lipinski definition) is 1. The Morgan fingerprint density at radius 3 is 2.83 bits per heavy atom. The fraction of sp³-hybridized carbons (Fsp3) is 0.417. The summed E-state index contributed by atoms with van der Waals surface area (Å²) in [5, 5.41) is 1.59. The van der Waals surface area contributed by atoms with Crippen LogP contribution in [0.2, 0.25) is 0 Å². The van der Waals surface area contributed by atoms with Gasteiger partial charge in [-0.25, -0.2) is 0 Å². The van der Waals surface area contributed by atoms with Crippen molar-refractivity contribution in [3.8, 4) is 5.75 Å². The number of alkyl halides is 3. The van der Waals surface area contributed by atoms with Gasteiger partial charge < -0.3 is 10.5 Å². The molecule has 0 unspecified atom stereocenters. The van der Waals surface area contributed by atoms with E-state index in [4.69, 9.17) is 17.3 Å². The molecule has 0 fully saturated rings. The van der Waals surface area contributed by atoms with Crippen LogP contribution in [0.4, 0.5) is 8.78 Å². The van der Waals surface area contributed by atoms with E-state index >= 15 is 0 Å². The third-order valence-corrected chi connectivity index (χ3v) is 2.88. The Hall–Kier alpha value is -1.20. The molecule has 1 atom stereocenters. The molecule has 98 valence electrons. The van der Waals surface area contributed by atoms with Gasteiger partial charge in [0, 0.05) is 16.8 Å². The van der Waals surface area contributed by atoms with Gasteiger partial charge in [0.05, 0.1) is 11.4 Å². The molecule has 2 N–H and O–H groups in total. The molecule has 1 aromatic rings. The highest BCUT2D eigenvalue weighted by molar-refractivity contribution is 6.20. The van der Waals surface area contributed by atoms with Gasteiger partial charge in [-0.2, -0.15) is 0 Å². The minimum atomic E-state index is -3.70. The SMILES string of the molecule is C[C@@H]1N=c2ccc(OC(F)(F)Cl)cc2=C1CCN. The van der Waals surface area contributed by atoms with E-state index in [-0.39, 0.29) is 11.8 Å². The summed E-state index contributed by atoms with van der Waals surface area (Å²) in [6.07, 6.45) is 0.679. The Morgan fingerprint density at radius 2 is 2.22 bits per heavy atom. The first-order valence-corrected chi connectivity index (χ1v) is 5.95. The lowest BCUT2D eigenvalue weighted by Gasteiger charge is -2.10. The number of nitrogens with two attached hydrogens (primary N) is 1. The molecule has 0 radical (unpaired) electrons. The summed E-state index contributed by atoms with van der Waals surface area (Å²) in [4.78, 5) is 4.42. The van der Waals surface area contributed by atoms with Crippen molar-refractivity contribution in [2.24, 2.45) is 10.7 Å². The van der Waals surface area contributed by atoms with Crippen LogP contribution < -0.4 is 21.0 Å². The molecule has 1 aliphatic heterocycles. The second-order valence-electron chi connectivity index (χ2n) is 4.10. The Bertz CT molecular complexity index is 568. The molecule has 0 spiro atoms. The summed E-state index contributed by atoms with van der Waals surface area (Å²) in [6, 6.07) is 4.63. The van der Waals surface area contributed by atoms with E-state index in [1.54, 1.807) is 6.07 Å². The van der Waals surface area contributed by atoms with Gasteiger partial charge in [0.15, 0.2) is 0 Å². The van der Waals surface area contributed by atoms with E-state index in [0.29, 0.717) is 13.0 Å². The minimum Gasteiger partial charge on any atom is -0.420 e. The van der Waals surface area contributed by atoms with Crippen LogP contribution in [0.5, 0.6) is 5.75 Å². The van der Waals surface area contributed by atoms with Crippen LogP contribution in [0.1, 0.15) is 13.3 Å². The van der Waals surface area contributed by atoms with Crippen molar-refractivity contribution in [3.05, 3.63) is 28.8 Å². The molecule has 6 heteroatoms. The van der Waals surface area contributed by atoms with Gasteiger partial charge in [0.2, 0.25) is 0 Å². The lowest BCUT2D eigenvalue weighted by atomic mass is 10.0. The predicted octanol–water partition coefficient (Wildman–Crippen LogP) is 1.38. The number of rotatable bonds is 4. The zero-order chi connectivity index (χ0) is 13.3. The zero-order valence-corrected chi connectivity index (χ0v) is 10.5. The highest BCUT2D eigenvalue weighted by Gasteiger charge is 2.27. The molecule has 0 saturated carbocycles. The minimum absolute atomic E-state index is 0.0209. The van der Waals surface area contributed by atoms with E-state index in [2.05, 4.69) is 9.73 Å². The molecule has 0 amide bonds. The summed E-state index contributed by atoms with van der Waals surface area (Å²) >= 11 is 4.74. The van der Waals surface area contributed by atoms with Crippen LogP contribution in [-0.4, -0.2) is 18.2 Å². The highest BCUT2D eigenvalue weighted by atomic mass is 35.5. The Balaban J connectivity index is 2.46. The molecule has 0 saturated heterocycles. The van der Waals surface area contributed by atoms with Gasteiger partial charge in [-0.15, -0.1) is 8.78 Å². The van der Waals surface area contributed by atoms with Crippen LogP contribution >= 0.6 is 11.6 Å². The Labute approximate surface area is 108 Å². The van der Waals surface area contributed by atoms with Crippen molar-refractivity contribution < 1.29 is 13.5 Å². The van der Waals surface area contributed by atoms with E-state index in [9.17, 15) is 8.78 Å². The predicted molar refractivity (Wildman–Crippen MR) is 65.2 cm³/mol. The topological polar surface area (TPSA) is 47.6 Å². The molecular weight excluding hydrogens is 262 g/mol. The lowest BCUT2D eigenvalue weighted by molar-refractivity contribution is -0.0965. The number of benzene rings is 1. The quantitative estimate of drug-likeness (QED) is 0.843. The number of fused-ring (bicyclic) bond motifs is 1. The molecule has 0 bridgehead atoms. The molecular formula is C12H13ClF2N2O. The maximum Gasteiger partial charge on any atom is 0.487 e. The second kappa shape index (κ2) is 4.82. The fourth-order valence-electron chi connectivity index (χ4n) is 2.09. The molecule has 1 heterocycles. The van der Waals surface area contributed by atoms with Crippen molar-refractivity contribution >= 4 is 17.2 Å². The molecule has 1 aromatic carbocycles. The van der Waals surface area contributed by atoms with Gasteiger partial charge in [-0.1, -0.05) is 0 Å². The first kappa shape index (κ1) is 13.2. The van der Waals surface area contributed by atoms with E-state index in [0.717, 1.165) is 16.1 Å². The average molecular weight is 275 g/mol. The maximum absolute atomic E-state index is 12.6. The highest BCUT2D eigenvalue weighted by Crippen LogP contribution is 2.24. The van der Waals surface area contributed by atoms with Gasteiger partial charge in [-0.05, 0) is 43.7 Å². The van der Waals surface area contributed by atoms with Gasteiger partial charge in [-0.3, -0.25) is 4.99 Å². The van der Waals surface area contributed by atoms with Crippen molar-refractivity contribution in [2.75, 3.05) is 6.54 Å². The van der Waals surface area contributed by atoms with Crippen molar-refractivity contribution in [1.29, 1.82) is 0 Å². The van der Waals surface area contributed by atoms with Gasteiger partial charge >= 0.3 is 5.57 Å². The molecule has 1 aliphatic rings. The van der Waals surface area contributed by atoms with Crippen LogP contribution in [-0.2, 0) is 0 Å². The molecule has 3 nitrogen and oxygen atoms in total. The third kappa shape index (κ3) is 2.79. The average Bonchev–Trinajstić information content (AvgIpc) is 2.54. The lowest BCUT2D eigenvalue weighted by Crippen LogP contribution is -2.25. The number of hydrogen-bond acceptors (Lipinski definition) is 3. The molecule has 0 aliphatic carbocycles. The third-order valence-electron chi connectivity index (χ3n) is 2.80. The Kier molecular flexibility index (Phi) is 3.54. The number of ether oxygens (including phenoxy) is 1. The molecule has 0 aromatic heterocycles. The standard InChI is InChI=1S/C12H13ClF2N2O/c1-7-9(4-5-16)10-6-8(18-12(13,14)15)2-3-11(10)17-7/h2-3,6-7H,4-5,16H2,1H3/t7-/m0/s1. The van der Waals surface area contributed by atoms with Crippen LogP contribution in [0, 0.1) is 0 Å². The second-order valence-corrected chi connectivity index (χ2v) is 4.54. The zero-order valence-electron chi connectivity index (χ0n) is 9.79.